The van der Waals surface area contributed by atoms with Crippen LogP contribution < -0.4 is 15.4 Å². The third-order valence-corrected chi connectivity index (χ3v) is 3.54. The van der Waals surface area contributed by atoms with E-state index in [0.29, 0.717) is 5.95 Å². The highest BCUT2D eigenvalue weighted by molar-refractivity contribution is 5.40. The number of anilines is 2. The second-order valence-electron chi connectivity index (χ2n) is 5.34. The maximum Gasteiger partial charge on any atom is 0.328 e. The summed E-state index contributed by atoms with van der Waals surface area (Å²) >= 11 is 0. The van der Waals surface area contributed by atoms with Gasteiger partial charge in [-0.1, -0.05) is 17.7 Å². The van der Waals surface area contributed by atoms with Crippen molar-refractivity contribution in [3.63, 3.8) is 0 Å². The van der Waals surface area contributed by atoms with E-state index in [4.69, 9.17) is 10.5 Å². The molecule has 0 aliphatic carbocycles. The molecule has 0 bridgehead atoms. The average molecular weight is 285 g/mol. The number of hydrogen-bond donors (Lipinski definition) is 1. The molecule has 1 aromatic carbocycles. The van der Waals surface area contributed by atoms with Crippen LogP contribution in [0.1, 0.15) is 24.0 Å². The van der Waals surface area contributed by atoms with Gasteiger partial charge in [0.2, 0.25) is 11.9 Å². The first-order valence-corrected chi connectivity index (χ1v) is 7.13. The number of nitrogens with two attached hydrogens (primary N) is 1. The van der Waals surface area contributed by atoms with Crippen LogP contribution >= 0.6 is 0 Å². The number of benzene rings is 1. The van der Waals surface area contributed by atoms with E-state index in [9.17, 15) is 0 Å². The van der Waals surface area contributed by atoms with E-state index in [0.717, 1.165) is 37.2 Å². The fourth-order valence-corrected chi connectivity index (χ4v) is 2.48. The summed E-state index contributed by atoms with van der Waals surface area (Å²) in [6, 6.07) is 6.21. The summed E-state index contributed by atoms with van der Waals surface area (Å²) in [6.45, 7) is 5.94. The Kier molecular flexibility index (Phi) is 3.60. The molecular formula is C15H19N5O. The molecular weight excluding hydrogens is 266 g/mol. The fraction of sp³-hybridized carbons (Fsp3) is 0.400. The molecule has 2 heterocycles. The van der Waals surface area contributed by atoms with Crippen LogP contribution in [0.25, 0.3) is 0 Å². The second-order valence-corrected chi connectivity index (χ2v) is 5.34. The van der Waals surface area contributed by atoms with E-state index in [1.165, 1.54) is 5.56 Å². The molecule has 0 atom stereocenters. The van der Waals surface area contributed by atoms with Crippen molar-refractivity contribution in [3.8, 4) is 11.8 Å². The maximum absolute atomic E-state index is 5.78. The molecule has 3 rings (SSSR count). The van der Waals surface area contributed by atoms with Gasteiger partial charge in [-0.2, -0.15) is 15.0 Å². The Morgan fingerprint density at radius 3 is 2.57 bits per heavy atom. The Labute approximate surface area is 124 Å². The number of rotatable bonds is 3. The SMILES string of the molecule is Cc1ccc(Oc2nc(N)nc(N3CCCC3)n2)c(C)c1. The number of hydrogen-bond acceptors (Lipinski definition) is 6. The number of aryl methyl sites for hydroxylation is 2. The molecule has 0 unspecified atom stereocenters. The van der Waals surface area contributed by atoms with Crippen LogP contribution in [0.2, 0.25) is 0 Å². The van der Waals surface area contributed by atoms with Gasteiger partial charge < -0.3 is 15.4 Å². The molecule has 6 nitrogen and oxygen atoms in total. The summed E-state index contributed by atoms with van der Waals surface area (Å²) in [5, 5.41) is 0. The minimum absolute atomic E-state index is 0.187. The Morgan fingerprint density at radius 1 is 1.10 bits per heavy atom. The molecule has 2 aromatic rings. The van der Waals surface area contributed by atoms with Gasteiger partial charge in [-0.15, -0.1) is 0 Å². The first-order chi connectivity index (χ1) is 10.1. The third-order valence-electron chi connectivity index (χ3n) is 3.54. The number of ether oxygens (including phenoxy) is 1. The molecule has 1 aliphatic rings. The topological polar surface area (TPSA) is 77.2 Å². The zero-order valence-corrected chi connectivity index (χ0v) is 12.3. The molecule has 110 valence electrons. The van der Waals surface area contributed by atoms with Crippen molar-refractivity contribution in [3.05, 3.63) is 29.3 Å². The van der Waals surface area contributed by atoms with Crippen LogP contribution in [0.3, 0.4) is 0 Å². The van der Waals surface area contributed by atoms with E-state index in [-0.39, 0.29) is 12.0 Å². The van der Waals surface area contributed by atoms with E-state index in [2.05, 4.69) is 25.9 Å². The highest BCUT2D eigenvalue weighted by Gasteiger charge is 2.17. The maximum atomic E-state index is 5.78. The zero-order valence-electron chi connectivity index (χ0n) is 12.3. The van der Waals surface area contributed by atoms with E-state index in [1.54, 1.807) is 0 Å². The van der Waals surface area contributed by atoms with Gasteiger partial charge in [0.05, 0.1) is 0 Å². The lowest BCUT2D eigenvalue weighted by Crippen LogP contribution is -2.21. The predicted molar refractivity (Wildman–Crippen MR) is 81.7 cm³/mol. The molecule has 0 radical (unpaired) electrons. The van der Waals surface area contributed by atoms with Gasteiger partial charge in [-0.25, -0.2) is 0 Å². The summed E-state index contributed by atoms with van der Waals surface area (Å²) in [7, 11) is 0. The summed E-state index contributed by atoms with van der Waals surface area (Å²) < 4.78 is 5.78. The van der Waals surface area contributed by atoms with Gasteiger partial charge in [0.25, 0.3) is 0 Å². The van der Waals surface area contributed by atoms with Gasteiger partial charge >= 0.3 is 6.01 Å². The summed E-state index contributed by atoms with van der Waals surface area (Å²) in [5.74, 6) is 1.52. The molecule has 6 heteroatoms. The molecule has 1 aliphatic heterocycles. The summed E-state index contributed by atoms with van der Waals surface area (Å²) in [4.78, 5) is 14.7. The third kappa shape index (κ3) is 3.04. The largest absolute Gasteiger partial charge is 0.424 e. The molecule has 0 saturated carbocycles. The monoisotopic (exact) mass is 285 g/mol. The van der Waals surface area contributed by atoms with Crippen LogP contribution in [-0.2, 0) is 0 Å². The standard InChI is InChI=1S/C15H19N5O/c1-10-5-6-12(11(2)9-10)21-15-18-13(16)17-14(19-15)20-7-3-4-8-20/h5-6,9H,3-4,7-8H2,1-2H3,(H2,16,17,18,19). The van der Waals surface area contributed by atoms with Gasteiger partial charge in [0, 0.05) is 13.1 Å². The minimum Gasteiger partial charge on any atom is -0.424 e. The number of aromatic nitrogens is 3. The minimum atomic E-state index is 0.187. The van der Waals surface area contributed by atoms with Gasteiger partial charge in [-0.05, 0) is 38.3 Å². The van der Waals surface area contributed by atoms with E-state index >= 15 is 0 Å². The second kappa shape index (κ2) is 5.55. The molecule has 1 fully saturated rings. The van der Waals surface area contributed by atoms with Crippen LogP contribution in [0, 0.1) is 13.8 Å². The smallest absolute Gasteiger partial charge is 0.328 e. The Morgan fingerprint density at radius 2 is 1.86 bits per heavy atom. The lowest BCUT2D eigenvalue weighted by Gasteiger charge is -2.16. The fourth-order valence-electron chi connectivity index (χ4n) is 2.48. The molecule has 0 amide bonds. The van der Waals surface area contributed by atoms with Crippen molar-refractivity contribution in [1.29, 1.82) is 0 Å². The highest BCUT2D eigenvalue weighted by atomic mass is 16.5. The van der Waals surface area contributed by atoms with Crippen molar-refractivity contribution >= 4 is 11.9 Å². The first kappa shape index (κ1) is 13.6. The van der Waals surface area contributed by atoms with Gasteiger partial charge in [0.15, 0.2) is 0 Å². The average Bonchev–Trinajstić information content (AvgIpc) is 2.95. The quantitative estimate of drug-likeness (QED) is 0.933. The van der Waals surface area contributed by atoms with Crippen LogP contribution in [0.4, 0.5) is 11.9 Å². The van der Waals surface area contributed by atoms with Gasteiger partial charge in [0.1, 0.15) is 5.75 Å². The predicted octanol–water partition coefficient (Wildman–Crippen LogP) is 2.46. The van der Waals surface area contributed by atoms with Crippen LogP contribution in [0.5, 0.6) is 11.8 Å². The van der Waals surface area contributed by atoms with Gasteiger partial charge in [-0.3, -0.25) is 0 Å². The Balaban J connectivity index is 1.87. The van der Waals surface area contributed by atoms with Crippen molar-refractivity contribution < 1.29 is 4.74 Å². The Hall–Kier alpha value is -2.37. The van der Waals surface area contributed by atoms with Crippen molar-refractivity contribution in [2.24, 2.45) is 0 Å². The summed E-state index contributed by atoms with van der Waals surface area (Å²) in [5.41, 5.74) is 8.00. The molecule has 0 spiro atoms. The molecule has 1 saturated heterocycles. The van der Waals surface area contributed by atoms with E-state index in [1.807, 2.05) is 26.0 Å². The number of nitrogen functional groups attached to an aromatic ring is 1. The molecule has 2 N–H and O–H groups in total. The summed E-state index contributed by atoms with van der Waals surface area (Å²) in [6.07, 6.45) is 2.30. The normalized spacial score (nSPS) is 14.5. The van der Waals surface area contributed by atoms with E-state index < -0.39 is 0 Å². The van der Waals surface area contributed by atoms with Crippen molar-refractivity contribution in [2.45, 2.75) is 26.7 Å². The van der Waals surface area contributed by atoms with Crippen LogP contribution in [-0.4, -0.2) is 28.0 Å². The lowest BCUT2D eigenvalue weighted by atomic mass is 10.1. The Bertz CT molecular complexity index is 653. The van der Waals surface area contributed by atoms with Crippen molar-refractivity contribution in [1.82, 2.24) is 15.0 Å². The molecule has 1 aromatic heterocycles. The van der Waals surface area contributed by atoms with Crippen molar-refractivity contribution in [2.75, 3.05) is 23.7 Å². The first-order valence-electron chi connectivity index (χ1n) is 7.13. The molecule has 21 heavy (non-hydrogen) atoms. The number of nitrogens with zero attached hydrogens (tertiary/aromatic N) is 4. The zero-order chi connectivity index (χ0) is 14.8. The lowest BCUT2D eigenvalue weighted by molar-refractivity contribution is 0.437. The highest BCUT2D eigenvalue weighted by Crippen LogP contribution is 2.25. The van der Waals surface area contributed by atoms with Crippen LogP contribution in [0.15, 0.2) is 18.2 Å².